The van der Waals surface area contributed by atoms with Gasteiger partial charge in [-0.25, -0.2) is 4.98 Å². The number of nitrogens with one attached hydrogen (secondary N) is 3. The van der Waals surface area contributed by atoms with E-state index in [1.54, 1.807) is 5.38 Å². The van der Waals surface area contributed by atoms with E-state index in [0.717, 1.165) is 13.0 Å². The summed E-state index contributed by atoms with van der Waals surface area (Å²) in [5.41, 5.74) is 0.681. The van der Waals surface area contributed by atoms with E-state index in [9.17, 15) is 9.59 Å². The molecular formula is C13H24Cl2N4O2S. The van der Waals surface area contributed by atoms with Crippen LogP contribution in [0.3, 0.4) is 0 Å². The van der Waals surface area contributed by atoms with E-state index in [-0.39, 0.29) is 49.0 Å². The summed E-state index contributed by atoms with van der Waals surface area (Å²) in [5, 5.41) is 10.9. The van der Waals surface area contributed by atoms with Crippen molar-refractivity contribution in [2.45, 2.75) is 26.7 Å². The molecule has 0 saturated carbocycles. The third kappa shape index (κ3) is 9.19. The molecule has 6 nitrogen and oxygen atoms in total. The Morgan fingerprint density at radius 1 is 1.27 bits per heavy atom. The molecule has 0 saturated heterocycles. The fourth-order valence-electron chi connectivity index (χ4n) is 1.42. The van der Waals surface area contributed by atoms with Crippen LogP contribution >= 0.6 is 36.2 Å². The molecule has 9 heteroatoms. The summed E-state index contributed by atoms with van der Waals surface area (Å²) in [4.78, 5) is 27.4. The summed E-state index contributed by atoms with van der Waals surface area (Å²) in [5.74, 6) is -0.201. The first-order valence-corrected chi connectivity index (χ1v) is 7.57. The van der Waals surface area contributed by atoms with Gasteiger partial charge in [0, 0.05) is 17.8 Å². The molecule has 0 aliphatic heterocycles. The molecule has 0 unspecified atom stereocenters. The SMILES string of the molecule is CNCCCNC(=O)Cc1csc(NC(=O)C(C)C)n1.Cl.Cl. The average Bonchev–Trinajstić information content (AvgIpc) is 2.81. The van der Waals surface area contributed by atoms with Crippen molar-refractivity contribution in [1.29, 1.82) is 0 Å². The summed E-state index contributed by atoms with van der Waals surface area (Å²) in [7, 11) is 1.88. The molecule has 0 aliphatic carbocycles. The quantitative estimate of drug-likeness (QED) is 0.609. The lowest BCUT2D eigenvalue weighted by molar-refractivity contribution is -0.120. The maximum Gasteiger partial charge on any atom is 0.228 e. The highest BCUT2D eigenvalue weighted by molar-refractivity contribution is 7.13. The molecule has 0 fully saturated rings. The number of hydrogen-bond donors (Lipinski definition) is 3. The highest BCUT2D eigenvalue weighted by Crippen LogP contribution is 2.16. The van der Waals surface area contributed by atoms with Crippen molar-refractivity contribution in [3.8, 4) is 0 Å². The molecule has 0 bridgehead atoms. The van der Waals surface area contributed by atoms with Gasteiger partial charge < -0.3 is 16.0 Å². The Hall–Kier alpha value is -0.890. The van der Waals surface area contributed by atoms with Gasteiger partial charge in [0.15, 0.2) is 5.13 Å². The van der Waals surface area contributed by atoms with Crippen LogP contribution in [0.25, 0.3) is 0 Å². The van der Waals surface area contributed by atoms with E-state index in [0.29, 0.717) is 17.4 Å². The van der Waals surface area contributed by atoms with Crippen LogP contribution in [-0.4, -0.2) is 36.9 Å². The summed E-state index contributed by atoms with van der Waals surface area (Å²) in [6.45, 7) is 5.17. The second-order valence-corrected chi connectivity index (χ2v) is 5.63. The smallest absolute Gasteiger partial charge is 0.228 e. The third-order valence-corrected chi connectivity index (χ3v) is 3.38. The molecule has 3 N–H and O–H groups in total. The van der Waals surface area contributed by atoms with Gasteiger partial charge in [-0.15, -0.1) is 36.2 Å². The van der Waals surface area contributed by atoms with Crippen molar-refractivity contribution >= 4 is 53.1 Å². The first-order chi connectivity index (χ1) is 9.52. The predicted octanol–water partition coefficient (Wildman–Crippen LogP) is 1.85. The third-order valence-electron chi connectivity index (χ3n) is 2.57. The summed E-state index contributed by atoms with van der Waals surface area (Å²) >= 11 is 1.34. The number of carbonyl (C=O) groups excluding carboxylic acids is 2. The first-order valence-electron chi connectivity index (χ1n) is 6.69. The minimum absolute atomic E-state index is 0. The lowest BCUT2D eigenvalue weighted by Gasteiger charge is -2.04. The minimum Gasteiger partial charge on any atom is -0.356 e. The van der Waals surface area contributed by atoms with Gasteiger partial charge in [0.05, 0.1) is 12.1 Å². The van der Waals surface area contributed by atoms with E-state index in [1.165, 1.54) is 11.3 Å². The molecule has 0 spiro atoms. The van der Waals surface area contributed by atoms with Crippen molar-refractivity contribution in [3.63, 3.8) is 0 Å². The van der Waals surface area contributed by atoms with Crippen LogP contribution in [0.5, 0.6) is 0 Å². The molecule has 22 heavy (non-hydrogen) atoms. The Kier molecular flexibility index (Phi) is 13.4. The number of halogens is 2. The molecule has 0 radical (unpaired) electrons. The normalized spacial score (nSPS) is 9.64. The number of nitrogens with zero attached hydrogens (tertiary/aromatic N) is 1. The van der Waals surface area contributed by atoms with E-state index < -0.39 is 0 Å². The zero-order chi connectivity index (χ0) is 15.0. The number of anilines is 1. The van der Waals surface area contributed by atoms with Crippen molar-refractivity contribution in [1.82, 2.24) is 15.6 Å². The zero-order valence-corrected chi connectivity index (χ0v) is 15.4. The van der Waals surface area contributed by atoms with Crippen LogP contribution < -0.4 is 16.0 Å². The van der Waals surface area contributed by atoms with Gasteiger partial charge in [0.25, 0.3) is 0 Å². The van der Waals surface area contributed by atoms with Crippen molar-refractivity contribution in [3.05, 3.63) is 11.1 Å². The van der Waals surface area contributed by atoms with Gasteiger partial charge in [-0.1, -0.05) is 13.8 Å². The minimum atomic E-state index is -0.0853. The van der Waals surface area contributed by atoms with E-state index >= 15 is 0 Å². The van der Waals surface area contributed by atoms with E-state index in [2.05, 4.69) is 20.9 Å². The van der Waals surface area contributed by atoms with Crippen molar-refractivity contribution < 1.29 is 9.59 Å². The van der Waals surface area contributed by atoms with E-state index in [1.807, 2.05) is 20.9 Å². The van der Waals surface area contributed by atoms with Crippen molar-refractivity contribution in [2.75, 3.05) is 25.5 Å². The molecule has 1 aromatic heterocycles. The van der Waals surface area contributed by atoms with Gasteiger partial charge in [-0.3, -0.25) is 9.59 Å². The van der Waals surface area contributed by atoms with Crippen molar-refractivity contribution in [2.24, 2.45) is 5.92 Å². The number of amides is 2. The Morgan fingerprint density at radius 3 is 2.55 bits per heavy atom. The first kappa shape index (κ1) is 23.4. The lowest BCUT2D eigenvalue weighted by Crippen LogP contribution is -2.28. The predicted molar refractivity (Wildman–Crippen MR) is 95.3 cm³/mol. The maximum absolute atomic E-state index is 11.7. The largest absolute Gasteiger partial charge is 0.356 e. The number of aromatic nitrogens is 1. The Bertz CT molecular complexity index is 455. The van der Waals surface area contributed by atoms with Crippen LogP contribution in [0.2, 0.25) is 0 Å². The van der Waals surface area contributed by atoms with Crippen LogP contribution in [0.1, 0.15) is 26.0 Å². The van der Waals surface area contributed by atoms with Crippen LogP contribution in [0.15, 0.2) is 5.38 Å². The molecule has 0 aromatic carbocycles. The molecule has 1 aromatic rings. The van der Waals surface area contributed by atoms with Gasteiger partial charge >= 0.3 is 0 Å². The second-order valence-electron chi connectivity index (χ2n) is 4.77. The Labute approximate surface area is 147 Å². The summed E-state index contributed by atoms with van der Waals surface area (Å²) in [6.07, 6.45) is 1.14. The monoisotopic (exact) mass is 370 g/mol. The van der Waals surface area contributed by atoms with Gasteiger partial charge in [0.1, 0.15) is 0 Å². The second kappa shape index (κ2) is 12.6. The fraction of sp³-hybridized carbons (Fsp3) is 0.615. The number of carbonyl (C=O) groups is 2. The standard InChI is InChI=1S/C13H22N4O2S.2ClH/c1-9(2)12(19)17-13-16-10(8-20-13)7-11(18)15-6-4-5-14-3;;/h8-9,14H,4-7H2,1-3H3,(H,15,18)(H,16,17,19);2*1H. The molecule has 1 rings (SSSR count). The number of hydrogen-bond acceptors (Lipinski definition) is 5. The Balaban J connectivity index is 0. The van der Waals surface area contributed by atoms with Crippen LogP contribution in [-0.2, 0) is 16.0 Å². The average molecular weight is 371 g/mol. The van der Waals surface area contributed by atoms with Gasteiger partial charge in [-0.2, -0.15) is 0 Å². The van der Waals surface area contributed by atoms with Crippen LogP contribution in [0, 0.1) is 5.92 Å². The number of rotatable bonds is 8. The highest BCUT2D eigenvalue weighted by atomic mass is 35.5. The topological polar surface area (TPSA) is 83.1 Å². The summed E-state index contributed by atoms with van der Waals surface area (Å²) < 4.78 is 0. The van der Waals surface area contributed by atoms with Crippen LogP contribution in [0.4, 0.5) is 5.13 Å². The molecule has 128 valence electrons. The summed E-state index contributed by atoms with van der Waals surface area (Å²) in [6, 6.07) is 0. The number of thiazole rings is 1. The molecule has 2 amide bonds. The zero-order valence-electron chi connectivity index (χ0n) is 13.0. The van der Waals surface area contributed by atoms with Gasteiger partial charge in [-0.05, 0) is 20.0 Å². The molecule has 0 atom stereocenters. The lowest BCUT2D eigenvalue weighted by atomic mass is 10.2. The highest BCUT2D eigenvalue weighted by Gasteiger charge is 2.11. The molecule has 1 heterocycles. The fourth-order valence-corrected chi connectivity index (χ4v) is 2.13. The van der Waals surface area contributed by atoms with E-state index in [4.69, 9.17) is 0 Å². The molecule has 0 aliphatic rings. The Morgan fingerprint density at radius 2 is 1.95 bits per heavy atom. The van der Waals surface area contributed by atoms with Gasteiger partial charge in [0.2, 0.25) is 11.8 Å². The maximum atomic E-state index is 11.7. The molecular weight excluding hydrogens is 347 g/mol.